The second-order valence-electron chi connectivity index (χ2n) is 6.56. The molecule has 0 atom stereocenters. The topological polar surface area (TPSA) is 84.2 Å². The van der Waals surface area contributed by atoms with Crippen molar-refractivity contribution in [1.29, 1.82) is 0 Å². The van der Waals surface area contributed by atoms with Crippen LogP contribution in [0.3, 0.4) is 0 Å². The molecule has 3 amide bonds. The highest BCUT2D eigenvalue weighted by Gasteiger charge is 2.33. The smallest absolute Gasteiger partial charge is 0.315 e. The van der Waals surface area contributed by atoms with E-state index in [1.807, 2.05) is 18.2 Å². The Morgan fingerprint density at radius 2 is 1.75 bits per heavy atom. The summed E-state index contributed by atoms with van der Waals surface area (Å²) in [6.45, 7) is 2.40. The highest BCUT2D eigenvalue weighted by Crippen LogP contribution is 2.29. The fourth-order valence-corrected chi connectivity index (χ4v) is 3.23. The molecule has 0 unspecified atom stereocenters. The predicted molar refractivity (Wildman–Crippen MR) is 92.6 cm³/mol. The standard InChI is InChI=1S/C19H21N3O2/c1-19(10-15-6-2-3-7-16(15)11-19)22-18(24)21-12-13-5-4-8-14(9-13)17(20)23/h2-9H,10-12H2,1H3,(H2,20,23)(H2,21,22,24). The number of rotatable bonds is 4. The first-order valence-electron chi connectivity index (χ1n) is 7.97. The molecule has 124 valence electrons. The van der Waals surface area contributed by atoms with Crippen LogP contribution in [-0.4, -0.2) is 17.5 Å². The van der Waals surface area contributed by atoms with E-state index >= 15 is 0 Å². The van der Waals surface area contributed by atoms with Crippen molar-refractivity contribution in [2.75, 3.05) is 0 Å². The Balaban J connectivity index is 1.57. The zero-order chi connectivity index (χ0) is 17.2. The van der Waals surface area contributed by atoms with Gasteiger partial charge in [0.2, 0.25) is 5.91 Å². The third kappa shape index (κ3) is 3.56. The van der Waals surface area contributed by atoms with Gasteiger partial charge < -0.3 is 16.4 Å². The molecule has 0 bridgehead atoms. The van der Waals surface area contributed by atoms with Crippen molar-refractivity contribution in [2.45, 2.75) is 31.8 Å². The van der Waals surface area contributed by atoms with Crippen molar-refractivity contribution in [3.05, 3.63) is 70.8 Å². The molecule has 5 heteroatoms. The second kappa shape index (κ2) is 6.35. The summed E-state index contributed by atoms with van der Waals surface area (Å²) in [5.41, 5.74) is 8.84. The van der Waals surface area contributed by atoms with Gasteiger partial charge in [-0.05, 0) is 48.6 Å². The molecule has 0 saturated carbocycles. The van der Waals surface area contributed by atoms with E-state index in [-0.39, 0.29) is 11.6 Å². The lowest BCUT2D eigenvalue weighted by molar-refractivity contribution is 0.1000. The Morgan fingerprint density at radius 3 is 2.38 bits per heavy atom. The summed E-state index contributed by atoms with van der Waals surface area (Å²) in [6.07, 6.45) is 1.65. The summed E-state index contributed by atoms with van der Waals surface area (Å²) in [5.74, 6) is -0.475. The molecule has 0 spiro atoms. The number of nitrogens with two attached hydrogens (primary N) is 1. The van der Waals surface area contributed by atoms with Gasteiger partial charge in [0.1, 0.15) is 0 Å². The lowest BCUT2D eigenvalue weighted by Gasteiger charge is -2.25. The van der Waals surface area contributed by atoms with Crippen LogP contribution < -0.4 is 16.4 Å². The van der Waals surface area contributed by atoms with Crippen LogP contribution in [0.5, 0.6) is 0 Å². The minimum atomic E-state index is -0.475. The van der Waals surface area contributed by atoms with E-state index in [4.69, 9.17) is 5.73 Å². The summed E-state index contributed by atoms with van der Waals surface area (Å²) < 4.78 is 0. The Labute approximate surface area is 141 Å². The lowest BCUT2D eigenvalue weighted by Crippen LogP contribution is -2.50. The molecular weight excluding hydrogens is 302 g/mol. The third-order valence-corrected chi connectivity index (χ3v) is 4.36. The van der Waals surface area contributed by atoms with Crippen LogP contribution >= 0.6 is 0 Å². The van der Waals surface area contributed by atoms with Gasteiger partial charge in [0.25, 0.3) is 0 Å². The van der Waals surface area contributed by atoms with Crippen LogP contribution in [0.25, 0.3) is 0 Å². The van der Waals surface area contributed by atoms with Gasteiger partial charge in [0.15, 0.2) is 0 Å². The minimum Gasteiger partial charge on any atom is -0.366 e. The number of nitrogens with one attached hydrogen (secondary N) is 2. The van der Waals surface area contributed by atoms with Crippen LogP contribution in [-0.2, 0) is 19.4 Å². The zero-order valence-corrected chi connectivity index (χ0v) is 13.6. The molecule has 0 fully saturated rings. The summed E-state index contributed by atoms with van der Waals surface area (Å²) in [5, 5.41) is 5.91. The maximum absolute atomic E-state index is 12.2. The van der Waals surface area contributed by atoms with Crippen molar-refractivity contribution >= 4 is 11.9 Å². The van der Waals surface area contributed by atoms with E-state index in [0.717, 1.165) is 18.4 Å². The van der Waals surface area contributed by atoms with Gasteiger partial charge >= 0.3 is 6.03 Å². The van der Waals surface area contributed by atoms with Gasteiger partial charge in [0, 0.05) is 17.6 Å². The highest BCUT2D eigenvalue weighted by atomic mass is 16.2. The van der Waals surface area contributed by atoms with Gasteiger partial charge in [-0.1, -0.05) is 36.4 Å². The molecule has 5 nitrogen and oxygen atoms in total. The van der Waals surface area contributed by atoms with Crippen molar-refractivity contribution in [3.63, 3.8) is 0 Å². The Hall–Kier alpha value is -2.82. The van der Waals surface area contributed by atoms with Crippen LogP contribution in [0.2, 0.25) is 0 Å². The van der Waals surface area contributed by atoms with Crippen molar-refractivity contribution < 1.29 is 9.59 Å². The first-order chi connectivity index (χ1) is 11.5. The maximum Gasteiger partial charge on any atom is 0.315 e. The third-order valence-electron chi connectivity index (χ3n) is 4.36. The lowest BCUT2D eigenvalue weighted by atomic mass is 9.99. The average molecular weight is 323 g/mol. The van der Waals surface area contributed by atoms with Gasteiger partial charge in [-0.3, -0.25) is 4.79 Å². The number of primary amides is 1. The molecule has 0 aromatic heterocycles. The van der Waals surface area contributed by atoms with E-state index in [0.29, 0.717) is 12.1 Å². The van der Waals surface area contributed by atoms with E-state index in [1.165, 1.54) is 11.1 Å². The predicted octanol–water partition coefficient (Wildman–Crippen LogP) is 2.14. The number of hydrogen-bond donors (Lipinski definition) is 3. The number of carbonyl (C=O) groups is 2. The Bertz CT molecular complexity index is 761. The van der Waals surface area contributed by atoms with Crippen LogP contribution in [0.4, 0.5) is 4.79 Å². The molecule has 0 aliphatic heterocycles. The number of hydrogen-bond acceptors (Lipinski definition) is 2. The molecular formula is C19H21N3O2. The van der Waals surface area contributed by atoms with Crippen molar-refractivity contribution in [3.8, 4) is 0 Å². The van der Waals surface area contributed by atoms with Gasteiger partial charge in [-0.15, -0.1) is 0 Å². The summed E-state index contributed by atoms with van der Waals surface area (Å²) in [4.78, 5) is 23.4. The van der Waals surface area contributed by atoms with Gasteiger partial charge in [0.05, 0.1) is 0 Å². The molecule has 4 N–H and O–H groups in total. The maximum atomic E-state index is 12.2. The number of benzene rings is 2. The number of carbonyl (C=O) groups excluding carboxylic acids is 2. The molecule has 0 heterocycles. The molecule has 3 rings (SSSR count). The first-order valence-corrected chi connectivity index (χ1v) is 7.97. The first kappa shape index (κ1) is 16.1. The van der Waals surface area contributed by atoms with Crippen LogP contribution in [0, 0.1) is 0 Å². The summed E-state index contributed by atoms with van der Waals surface area (Å²) >= 11 is 0. The molecule has 24 heavy (non-hydrogen) atoms. The largest absolute Gasteiger partial charge is 0.366 e. The Morgan fingerprint density at radius 1 is 1.08 bits per heavy atom. The highest BCUT2D eigenvalue weighted by molar-refractivity contribution is 5.92. The summed E-state index contributed by atoms with van der Waals surface area (Å²) in [6, 6.07) is 15.0. The van der Waals surface area contributed by atoms with E-state index in [1.54, 1.807) is 18.2 Å². The molecule has 0 saturated heterocycles. The number of amides is 3. The number of fused-ring (bicyclic) bond motifs is 1. The molecule has 0 radical (unpaired) electrons. The van der Waals surface area contributed by atoms with Crippen LogP contribution in [0.15, 0.2) is 48.5 Å². The van der Waals surface area contributed by atoms with Gasteiger partial charge in [-0.25, -0.2) is 4.79 Å². The molecule has 2 aromatic carbocycles. The van der Waals surface area contributed by atoms with E-state index in [2.05, 4.69) is 29.7 Å². The van der Waals surface area contributed by atoms with E-state index in [9.17, 15) is 9.59 Å². The Kier molecular flexibility index (Phi) is 4.25. The molecule has 2 aromatic rings. The van der Waals surface area contributed by atoms with Crippen molar-refractivity contribution in [1.82, 2.24) is 10.6 Å². The van der Waals surface area contributed by atoms with Crippen LogP contribution in [0.1, 0.15) is 34.0 Å². The fourth-order valence-electron chi connectivity index (χ4n) is 3.23. The average Bonchev–Trinajstić information content (AvgIpc) is 2.88. The molecule has 1 aliphatic carbocycles. The SMILES string of the molecule is CC1(NC(=O)NCc2cccc(C(N)=O)c2)Cc2ccccc2C1. The van der Waals surface area contributed by atoms with Gasteiger partial charge in [-0.2, -0.15) is 0 Å². The zero-order valence-electron chi connectivity index (χ0n) is 13.6. The number of urea groups is 1. The second-order valence-corrected chi connectivity index (χ2v) is 6.56. The fraction of sp³-hybridized carbons (Fsp3) is 0.263. The monoisotopic (exact) mass is 323 g/mol. The normalized spacial score (nSPS) is 14.7. The summed E-state index contributed by atoms with van der Waals surface area (Å²) in [7, 11) is 0. The molecule has 1 aliphatic rings. The minimum absolute atomic E-state index is 0.213. The van der Waals surface area contributed by atoms with E-state index < -0.39 is 5.91 Å². The van der Waals surface area contributed by atoms with Crippen molar-refractivity contribution in [2.24, 2.45) is 5.73 Å². The quantitative estimate of drug-likeness (QED) is 0.805.